The van der Waals surface area contributed by atoms with E-state index >= 15 is 0 Å². The summed E-state index contributed by atoms with van der Waals surface area (Å²) >= 11 is 0. The molecule has 5 heteroatoms. The van der Waals surface area contributed by atoms with Crippen molar-refractivity contribution >= 4 is 17.7 Å². The molecule has 5 aliphatic rings. The van der Waals surface area contributed by atoms with Crippen molar-refractivity contribution in [2.75, 3.05) is 0 Å². The fraction of sp³-hybridized carbons (Fsp3) is 0.853. The van der Waals surface area contributed by atoms with Gasteiger partial charge in [-0.15, -0.1) is 0 Å². The van der Waals surface area contributed by atoms with E-state index in [1.54, 1.807) is 0 Å². The summed E-state index contributed by atoms with van der Waals surface area (Å²) in [7, 11) is 0. The van der Waals surface area contributed by atoms with Crippen molar-refractivity contribution in [1.82, 2.24) is 0 Å². The molecule has 0 amide bonds. The van der Waals surface area contributed by atoms with E-state index in [0.29, 0.717) is 24.0 Å². The summed E-state index contributed by atoms with van der Waals surface area (Å²) in [5, 5.41) is 0. The molecule has 0 radical (unpaired) electrons. The van der Waals surface area contributed by atoms with Crippen LogP contribution in [0.3, 0.4) is 0 Å². The van der Waals surface area contributed by atoms with E-state index in [-0.39, 0.29) is 57.1 Å². The van der Waals surface area contributed by atoms with Crippen LogP contribution in [0.4, 0.5) is 0 Å². The number of ether oxygens (including phenoxy) is 2. The highest BCUT2D eigenvalue weighted by molar-refractivity contribution is 5.99. The lowest BCUT2D eigenvalue weighted by molar-refractivity contribution is -0.189. The molecular formula is C34H52O5. The fourth-order valence-corrected chi connectivity index (χ4v) is 11.5. The Morgan fingerprint density at radius 3 is 1.82 bits per heavy atom. The van der Waals surface area contributed by atoms with Gasteiger partial charge in [0.25, 0.3) is 0 Å². The van der Waals surface area contributed by atoms with Crippen molar-refractivity contribution in [1.29, 1.82) is 0 Å². The molecule has 0 bridgehead atoms. The van der Waals surface area contributed by atoms with Gasteiger partial charge in [-0.3, -0.25) is 14.4 Å². The SMILES string of the molecule is CC(=O)O[C@H]1CC[C@]2(C)[C@H]3CCCC4=C(C(=O)C[C@H]5C(C)(C)[C@@H](OC(C)=O)CC[C@@]45C)[C@]3(C)CC[C@H]2C1(C)C. The third-order valence-electron chi connectivity index (χ3n) is 13.2. The summed E-state index contributed by atoms with van der Waals surface area (Å²) in [6, 6.07) is 0. The van der Waals surface area contributed by atoms with Crippen molar-refractivity contribution < 1.29 is 23.9 Å². The van der Waals surface area contributed by atoms with Crippen LogP contribution in [0.2, 0.25) is 0 Å². The highest BCUT2D eigenvalue weighted by Gasteiger charge is 2.65. The predicted molar refractivity (Wildman–Crippen MR) is 152 cm³/mol. The zero-order valence-electron chi connectivity index (χ0n) is 26.0. The number of carbonyl (C=O) groups is 3. The number of hydrogen-bond acceptors (Lipinski definition) is 5. The Hall–Kier alpha value is -1.65. The second kappa shape index (κ2) is 9.18. The van der Waals surface area contributed by atoms with Gasteiger partial charge in [-0.1, -0.05) is 54.0 Å². The van der Waals surface area contributed by atoms with Gasteiger partial charge in [0.2, 0.25) is 0 Å². The number of ketones is 1. The number of fused-ring (bicyclic) bond motifs is 6. The van der Waals surface area contributed by atoms with Crippen LogP contribution in [0.5, 0.6) is 0 Å². The van der Waals surface area contributed by atoms with E-state index in [9.17, 15) is 14.4 Å². The maximum atomic E-state index is 14.4. The Labute approximate surface area is 236 Å². The normalized spacial score (nSPS) is 44.6. The van der Waals surface area contributed by atoms with E-state index in [1.807, 2.05) is 0 Å². The molecular weight excluding hydrogens is 488 g/mol. The molecule has 39 heavy (non-hydrogen) atoms. The van der Waals surface area contributed by atoms with E-state index in [0.717, 1.165) is 57.8 Å². The Kier molecular flexibility index (Phi) is 6.79. The van der Waals surface area contributed by atoms with Crippen molar-refractivity contribution in [2.45, 2.75) is 139 Å². The molecule has 218 valence electrons. The van der Waals surface area contributed by atoms with Crippen LogP contribution in [0.15, 0.2) is 11.1 Å². The van der Waals surface area contributed by atoms with Gasteiger partial charge in [-0.25, -0.2) is 0 Å². The maximum absolute atomic E-state index is 14.4. The Morgan fingerprint density at radius 2 is 1.23 bits per heavy atom. The van der Waals surface area contributed by atoms with E-state index in [2.05, 4.69) is 48.5 Å². The zero-order valence-corrected chi connectivity index (χ0v) is 26.0. The second-order valence-electron chi connectivity index (χ2n) is 15.8. The van der Waals surface area contributed by atoms with Crippen molar-refractivity contribution in [2.24, 2.45) is 44.8 Å². The summed E-state index contributed by atoms with van der Waals surface area (Å²) in [5.74, 6) is 1.04. The largest absolute Gasteiger partial charge is 0.462 e. The van der Waals surface area contributed by atoms with Gasteiger partial charge in [0.15, 0.2) is 5.78 Å². The molecule has 0 aliphatic heterocycles. The Morgan fingerprint density at radius 1 is 0.692 bits per heavy atom. The molecule has 0 aromatic heterocycles. The number of esters is 2. The molecule has 0 spiro atoms. The van der Waals surface area contributed by atoms with Crippen LogP contribution in [0.1, 0.15) is 127 Å². The number of hydrogen-bond donors (Lipinski definition) is 0. The minimum absolute atomic E-state index is 0.0364. The lowest BCUT2D eigenvalue weighted by Crippen LogP contribution is -2.60. The molecule has 0 heterocycles. The Balaban J connectivity index is 1.55. The molecule has 5 nitrogen and oxygen atoms in total. The lowest BCUT2D eigenvalue weighted by Gasteiger charge is -2.65. The highest BCUT2D eigenvalue weighted by atomic mass is 16.5. The van der Waals surface area contributed by atoms with Crippen molar-refractivity contribution in [3.8, 4) is 0 Å². The highest BCUT2D eigenvalue weighted by Crippen LogP contribution is 2.71. The molecule has 3 fully saturated rings. The number of Topliss-reactive ketones (excluding diaryl/α,β-unsaturated/α-hetero) is 1. The minimum atomic E-state index is -0.248. The minimum Gasteiger partial charge on any atom is -0.462 e. The van der Waals surface area contributed by atoms with Crippen LogP contribution in [0.25, 0.3) is 0 Å². The zero-order chi connectivity index (χ0) is 28.8. The van der Waals surface area contributed by atoms with Gasteiger partial charge >= 0.3 is 11.9 Å². The van der Waals surface area contributed by atoms with E-state index in [1.165, 1.54) is 25.0 Å². The summed E-state index contributed by atoms with van der Waals surface area (Å²) < 4.78 is 11.7. The van der Waals surface area contributed by atoms with E-state index < -0.39 is 0 Å². The van der Waals surface area contributed by atoms with Gasteiger partial charge < -0.3 is 9.47 Å². The van der Waals surface area contributed by atoms with Crippen LogP contribution in [-0.4, -0.2) is 29.9 Å². The monoisotopic (exact) mass is 540 g/mol. The molecule has 3 saturated carbocycles. The van der Waals surface area contributed by atoms with Crippen molar-refractivity contribution in [3.63, 3.8) is 0 Å². The van der Waals surface area contributed by atoms with Crippen LogP contribution in [0, 0.1) is 44.8 Å². The topological polar surface area (TPSA) is 69.7 Å². The molecule has 5 rings (SSSR count). The van der Waals surface area contributed by atoms with Crippen LogP contribution >= 0.6 is 0 Å². The average molecular weight is 541 g/mol. The van der Waals surface area contributed by atoms with Gasteiger partial charge in [0.05, 0.1) is 0 Å². The third-order valence-corrected chi connectivity index (χ3v) is 13.2. The molecule has 0 unspecified atom stereocenters. The number of carbonyl (C=O) groups excluding carboxylic acids is 3. The third kappa shape index (κ3) is 4.09. The first kappa shape index (κ1) is 28.9. The summed E-state index contributed by atoms with van der Waals surface area (Å²) in [5.41, 5.74) is 2.25. The average Bonchev–Trinajstić information content (AvgIpc) is 2.97. The molecule has 8 atom stereocenters. The smallest absolute Gasteiger partial charge is 0.302 e. The molecule has 5 aliphatic carbocycles. The van der Waals surface area contributed by atoms with Crippen molar-refractivity contribution in [3.05, 3.63) is 11.1 Å². The van der Waals surface area contributed by atoms with Gasteiger partial charge in [-0.05, 0) is 91.8 Å². The van der Waals surface area contributed by atoms with Crippen LogP contribution in [-0.2, 0) is 23.9 Å². The quantitative estimate of drug-likeness (QED) is 0.337. The first-order valence-electron chi connectivity index (χ1n) is 15.6. The maximum Gasteiger partial charge on any atom is 0.302 e. The van der Waals surface area contributed by atoms with Gasteiger partial charge in [0, 0.05) is 36.7 Å². The standard InChI is InChI=1S/C34H52O5/c1-20(35)38-27-15-18-33(8)24(30(27,3)4)13-16-34(9)25(33)12-10-11-22-29(34)23(37)19-26-31(5,6)28(39-21(2)36)14-17-32(22,26)7/h24-28H,10-19H2,1-9H3/t24-,25+,26-,27-,28-,32-,33-,34+/m0/s1. The summed E-state index contributed by atoms with van der Waals surface area (Å²) in [4.78, 5) is 38.2. The number of allylic oxidation sites excluding steroid dienone is 2. The van der Waals surface area contributed by atoms with Gasteiger partial charge in [0.1, 0.15) is 12.2 Å². The van der Waals surface area contributed by atoms with E-state index in [4.69, 9.17) is 9.47 Å². The first-order valence-corrected chi connectivity index (χ1v) is 15.6. The first-order chi connectivity index (χ1) is 18.0. The Bertz CT molecular complexity index is 1100. The number of rotatable bonds is 2. The molecule has 0 aromatic rings. The molecule has 0 N–H and O–H groups in total. The molecule has 0 aromatic carbocycles. The van der Waals surface area contributed by atoms with Crippen LogP contribution < -0.4 is 0 Å². The second-order valence-corrected chi connectivity index (χ2v) is 15.8. The lowest BCUT2D eigenvalue weighted by atomic mass is 9.40. The van der Waals surface area contributed by atoms with Gasteiger partial charge in [-0.2, -0.15) is 0 Å². The summed E-state index contributed by atoms with van der Waals surface area (Å²) in [6.07, 6.45) is 9.54. The molecule has 0 saturated heterocycles. The fourth-order valence-electron chi connectivity index (χ4n) is 11.5. The summed E-state index contributed by atoms with van der Waals surface area (Å²) in [6.45, 7) is 19.5. The predicted octanol–water partition coefficient (Wildman–Crippen LogP) is 7.60.